The lowest BCUT2D eigenvalue weighted by atomic mass is 9.99. The lowest BCUT2D eigenvalue weighted by Gasteiger charge is -2.30. The van der Waals surface area contributed by atoms with Gasteiger partial charge in [-0.05, 0) is 55.7 Å². The third kappa shape index (κ3) is 4.04. The summed E-state index contributed by atoms with van der Waals surface area (Å²) in [6, 6.07) is 14.8. The number of nitrogens with zero attached hydrogens (tertiary/aromatic N) is 1. The molecule has 5 heteroatoms. The summed E-state index contributed by atoms with van der Waals surface area (Å²) in [6.45, 7) is 5.28. The summed E-state index contributed by atoms with van der Waals surface area (Å²) in [4.78, 5) is 26.7. The van der Waals surface area contributed by atoms with E-state index in [1.807, 2.05) is 25.1 Å². The smallest absolute Gasteiger partial charge is 0.338 e. The number of amides is 1. The molecule has 0 saturated carbocycles. The Morgan fingerprint density at radius 3 is 2.46 bits per heavy atom. The normalized spacial score (nSPS) is 14.3. The molecule has 1 aliphatic rings. The zero-order chi connectivity index (χ0) is 18.5. The van der Waals surface area contributed by atoms with Gasteiger partial charge in [0, 0.05) is 13.1 Å². The highest BCUT2D eigenvalue weighted by Crippen LogP contribution is 2.20. The molecule has 0 spiro atoms. The molecular weight excluding hydrogens is 330 g/mol. The standard InChI is InChI=1S/C21H23NO4/c1-3-25-19-10-8-17(9-11-19)21(24)26-15(2)20(23)22-13-12-16-6-4-5-7-18(16)14-22/h4-11,15H,3,12-14H2,1-2H3/t15-/m0/s1. The van der Waals surface area contributed by atoms with Crippen LogP contribution in [0.4, 0.5) is 0 Å². The molecule has 1 amide bonds. The Kier molecular flexibility index (Phi) is 5.56. The third-order valence-electron chi connectivity index (χ3n) is 4.47. The Bertz CT molecular complexity index is 785. The fourth-order valence-electron chi connectivity index (χ4n) is 3.07. The zero-order valence-electron chi connectivity index (χ0n) is 15.1. The van der Waals surface area contributed by atoms with Gasteiger partial charge >= 0.3 is 5.97 Å². The third-order valence-corrected chi connectivity index (χ3v) is 4.47. The van der Waals surface area contributed by atoms with Crippen molar-refractivity contribution in [2.75, 3.05) is 13.2 Å². The summed E-state index contributed by atoms with van der Waals surface area (Å²) in [5, 5.41) is 0. The summed E-state index contributed by atoms with van der Waals surface area (Å²) in [5.41, 5.74) is 2.82. The van der Waals surface area contributed by atoms with Crippen molar-refractivity contribution in [1.29, 1.82) is 0 Å². The van der Waals surface area contributed by atoms with Crippen LogP contribution in [0.25, 0.3) is 0 Å². The maximum atomic E-state index is 12.6. The second kappa shape index (κ2) is 8.04. The van der Waals surface area contributed by atoms with Gasteiger partial charge in [0.1, 0.15) is 5.75 Å². The molecule has 1 heterocycles. The van der Waals surface area contributed by atoms with E-state index in [2.05, 4.69) is 6.07 Å². The molecule has 0 bridgehead atoms. The fraction of sp³-hybridized carbons (Fsp3) is 0.333. The molecule has 0 unspecified atom stereocenters. The predicted octanol–water partition coefficient (Wildman–Crippen LogP) is 3.22. The monoisotopic (exact) mass is 353 g/mol. The van der Waals surface area contributed by atoms with E-state index in [0.717, 1.165) is 12.0 Å². The van der Waals surface area contributed by atoms with Gasteiger partial charge in [-0.2, -0.15) is 0 Å². The molecule has 0 radical (unpaired) electrons. The van der Waals surface area contributed by atoms with Gasteiger partial charge in [-0.15, -0.1) is 0 Å². The first-order chi connectivity index (χ1) is 12.6. The van der Waals surface area contributed by atoms with Crippen LogP contribution < -0.4 is 4.74 Å². The van der Waals surface area contributed by atoms with Gasteiger partial charge in [-0.1, -0.05) is 24.3 Å². The molecule has 136 valence electrons. The maximum absolute atomic E-state index is 12.6. The van der Waals surface area contributed by atoms with Crippen LogP contribution in [0.5, 0.6) is 5.75 Å². The molecule has 1 atom stereocenters. The predicted molar refractivity (Wildman–Crippen MR) is 98.1 cm³/mol. The van der Waals surface area contributed by atoms with Crippen molar-refractivity contribution in [1.82, 2.24) is 4.90 Å². The van der Waals surface area contributed by atoms with Crippen molar-refractivity contribution in [3.8, 4) is 5.75 Å². The van der Waals surface area contributed by atoms with Crippen LogP contribution in [0.2, 0.25) is 0 Å². The van der Waals surface area contributed by atoms with E-state index in [9.17, 15) is 9.59 Å². The number of rotatable bonds is 5. The second-order valence-electron chi connectivity index (χ2n) is 6.28. The first-order valence-electron chi connectivity index (χ1n) is 8.88. The van der Waals surface area contributed by atoms with Crippen LogP contribution in [-0.2, 0) is 22.5 Å². The molecule has 0 N–H and O–H groups in total. The Labute approximate surface area is 153 Å². The number of ether oxygens (including phenoxy) is 2. The van der Waals surface area contributed by atoms with Gasteiger partial charge < -0.3 is 14.4 Å². The zero-order valence-corrected chi connectivity index (χ0v) is 15.1. The summed E-state index contributed by atoms with van der Waals surface area (Å²) in [5.74, 6) is 0.0188. The molecule has 2 aromatic carbocycles. The van der Waals surface area contributed by atoms with Crippen molar-refractivity contribution in [2.45, 2.75) is 32.9 Å². The molecule has 0 fully saturated rings. The number of esters is 1. The molecule has 0 aliphatic carbocycles. The molecule has 3 rings (SSSR count). The van der Waals surface area contributed by atoms with E-state index in [1.54, 1.807) is 36.1 Å². The summed E-state index contributed by atoms with van der Waals surface area (Å²) in [7, 11) is 0. The van der Waals surface area contributed by atoms with Gasteiger partial charge in [0.2, 0.25) is 0 Å². The highest BCUT2D eigenvalue weighted by atomic mass is 16.5. The number of benzene rings is 2. The lowest BCUT2D eigenvalue weighted by molar-refractivity contribution is -0.140. The Morgan fingerprint density at radius 2 is 1.77 bits per heavy atom. The Hall–Kier alpha value is -2.82. The minimum atomic E-state index is -0.820. The van der Waals surface area contributed by atoms with Crippen LogP contribution in [0.1, 0.15) is 35.3 Å². The van der Waals surface area contributed by atoms with Crippen LogP contribution in [0, 0.1) is 0 Å². The SMILES string of the molecule is CCOc1ccc(C(=O)O[C@@H](C)C(=O)N2CCc3ccccc3C2)cc1. The molecule has 2 aromatic rings. The Morgan fingerprint density at radius 1 is 1.08 bits per heavy atom. The van der Waals surface area contributed by atoms with Crippen molar-refractivity contribution in [3.63, 3.8) is 0 Å². The number of carbonyl (C=O) groups excluding carboxylic acids is 2. The molecule has 0 saturated heterocycles. The fourth-order valence-corrected chi connectivity index (χ4v) is 3.07. The van der Waals surface area contributed by atoms with Crippen LogP contribution in [0.15, 0.2) is 48.5 Å². The highest BCUT2D eigenvalue weighted by Gasteiger charge is 2.27. The highest BCUT2D eigenvalue weighted by molar-refractivity contribution is 5.92. The summed E-state index contributed by atoms with van der Waals surface area (Å²) >= 11 is 0. The molecule has 0 aromatic heterocycles. The van der Waals surface area contributed by atoms with Gasteiger partial charge in [0.25, 0.3) is 5.91 Å². The minimum absolute atomic E-state index is 0.168. The maximum Gasteiger partial charge on any atom is 0.338 e. The lowest BCUT2D eigenvalue weighted by Crippen LogP contribution is -2.42. The summed E-state index contributed by atoms with van der Waals surface area (Å²) < 4.78 is 10.7. The van der Waals surface area contributed by atoms with Crippen molar-refractivity contribution < 1.29 is 19.1 Å². The van der Waals surface area contributed by atoms with Gasteiger partial charge in [-0.25, -0.2) is 4.79 Å². The summed E-state index contributed by atoms with van der Waals surface area (Å²) in [6.07, 6.45) is 0.000839. The van der Waals surface area contributed by atoms with Crippen molar-refractivity contribution in [3.05, 3.63) is 65.2 Å². The van der Waals surface area contributed by atoms with E-state index >= 15 is 0 Å². The van der Waals surface area contributed by atoms with Crippen LogP contribution >= 0.6 is 0 Å². The second-order valence-corrected chi connectivity index (χ2v) is 6.28. The Balaban J connectivity index is 1.59. The number of carbonyl (C=O) groups is 2. The van der Waals surface area contributed by atoms with Crippen LogP contribution in [-0.4, -0.2) is 36.0 Å². The molecule has 26 heavy (non-hydrogen) atoms. The number of hydrogen-bond donors (Lipinski definition) is 0. The van der Waals surface area contributed by atoms with Crippen molar-refractivity contribution in [2.24, 2.45) is 0 Å². The van der Waals surface area contributed by atoms with Gasteiger partial charge in [0.05, 0.1) is 12.2 Å². The van der Waals surface area contributed by atoms with E-state index in [-0.39, 0.29) is 5.91 Å². The topological polar surface area (TPSA) is 55.8 Å². The molecule has 5 nitrogen and oxygen atoms in total. The average molecular weight is 353 g/mol. The molecule has 1 aliphatic heterocycles. The van der Waals surface area contributed by atoms with Crippen molar-refractivity contribution >= 4 is 11.9 Å². The largest absolute Gasteiger partial charge is 0.494 e. The minimum Gasteiger partial charge on any atom is -0.494 e. The quantitative estimate of drug-likeness (QED) is 0.775. The van der Waals surface area contributed by atoms with Gasteiger partial charge in [-0.3, -0.25) is 4.79 Å². The first kappa shape index (κ1) is 18.0. The van der Waals surface area contributed by atoms with E-state index in [1.165, 1.54) is 5.56 Å². The number of hydrogen-bond acceptors (Lipinski definition) is 4. The number of fused-ring (bicyclic) bond motifs is 1. The van der Waals surface area contributed by atoms with Crippen LogP contribution in [0.3, 0.4) is 0 Å². The molecular formula is C21H23NO4. The first-order valence-corrected chi connectivity index (χ1v) is 8.88. The van der Waals surface area contributed by atoms with Gasteiger partial charge in [0.15, 0.2) is 6.10 Å². The van der Waals surface area contributed by atoms with E-state index < -0.39 is 12.1 Å². The van der Waals surface area contributed by atoms with E-state index in [4.69, 9.17) is 9.47 Å². The average Bonchev–Trinajstić information content (AvgIpc) is 2.67. The van der Waals surface area contributed by atoms with E-state index in [0.29, 0.717) is 31.0 Å².